The second-order valence-corrected chi connectivity index (χ2v) is 7.03. The molecule has 0 spiro atoms. The first-order valence-electron chi connectivity index (χ1n) is 9.65. The largest absolute Gasteiger partial charge is 0.493 e. The maximum absolute atomic E-state index is 12.2. The molecule has 8 nitrogen and oxygen atoms in total. The standard InChI is InChI=1S/C21H27N3O5/c1-27-18-6-5-16(12-19(18)28-2)23-21(26)20(25)22-13-15-7-9-24(10-8-15)14-17-4-3-11-29-17/h3-6,11-12,15H,7-10,13-14H2,1-2H3,(H,22,25)(H,23,26). The van der Waals surface area contributed by atoms with Gasteiger partial charge >= 0.3 is 11.8 Å². The molecule has 1 aliphatic rings. The molecule has 3 rings (SSSR count). The van der Waals surface area contributed by atoms with Crippen molar-refractivity contribution in [3.8, 4) is 11.5 Å². The number of methoxy groups -OCH3 is 2. The van der Waals surface area contributed by atoms with Gasteiger partial charge in [-0.25, -0.2) is 0 Å². The van der Waals surface area contributed by atoms with Gasteiger partial charge in [-0.1, -0.05) is 0 Å². The van der Waals surface area contributed by atoms with Gasteiger partial charge in [-0.15, -0.1) is 0 Å². The summed E-state index contributed by atoms with van der Waals surface area (Å²) in [5.74, 6) is 1.01. The zero-order valence-electron chi connectivity index (χ0n) is 16.8. The summed E-state index contributed by atoms with van der Waals surface area (Å²) in [4.78, 5) is 26.6. The number of nitrogens with one attached hydrogen (secondary N) is 2. The molecule has 1 saturated heterocycles. The average Bonchev–Trinajstić information content (AvgIpc) is 3.25. The van der Waals surface area contributed by atoms with Crippen molar-refractivity contribution in [1.29, 1.82) is 0 Å². The lowest BCUT2D eigenvalue weighted by Gasteiger charge is -2.31. The van der Waals surface area contributed by atoms with E-state index in [2.05, 4.69) is 15.5 Å². The van der Waals surface area contributed by atoms with Crippen LogP contribution in [0.15, 0.2) is 41.0 Å². The van der Waals surface area contributed by atoms with Crippen LogP contribution in [0.3, 0.4) is 0 Å². The minimum absolute atomic E-state index is 0.362. The first-order valence-corrected chi connectivity index (χ1v) is 9.65. The molecule has 2 heterocycles. The van der Waals surface area contributed by atoms with Crippen LogP contribution in [0, 0.1) is 5.92 Å². The smallest absolute Gasteiger partial charge is 0.313 e. The average molecular weight is 401 g/mol. The van der Waals surface area contributed by atoms with E-state index in [1.807, 2.05) is 12.1 Å². The van der Waals surface area contributed by atoms with Crippen LogP contribution in [-0.2, 0) is 16.1 Å². The number of furan rings is 1. The lowest BCUT2D eigenvalue weighted by Crippen LogP contribution is -2.41. The maximum Gasteiger partial charge on any atom is 0.313 e. The Kier molecular flexibility index (Phi) is 7.13. The number of piperidine rings is 1. The predicted molar refractivity (Wildman–Crippen MR) is 108 cm³/mol. The number of amides is 2. The molecule has 0 atom stereocenters. The molecule has 0 unspecified atom stereocenters. The number of carbonyl (C=O) groups excluding carboxylic acids is 2. The number of nitrogens with zero attached hydrogens (tertiary/aromatic N) is 1. The van der Waals surface area contributed by atoms with Crippen LogP contribution in [0.1, 0.15) is 18.6 Å². The zero-order chi connectivity index (χ0) is 20.6. The van der Waals surface area contributed by atoms with Crippen molar-refractivity contribution in [2.75, 3.05) is 39.2 Å². The lowest BCUT2D eigenvalue weighted by molar-refractivity contribution is -0.136. The summed E-state index contributed by atoms with van der Waals surface area (Å²) in [6.45, 7) is 3.19. The Morgan fingerprint density at radius 2 is 1.86 bits per heavy atom. The SMILES string of the molecule is COc1ccc(NC(=O)C(=O)NCC2CCN(Cc3ccco3)CC2)cc1OC. The highest BCUT2D eigenvalue weighted by molar-refractivity contribution is 6.39. The Labute approximate surface area is 170 Å². The third-order valence-corrected chi connectivity index (χ3v) is 5.07. The molecular formula is C21H27N3O5. The minimum Gasteiger partial charge on any atom is -0.493 e. The normalized spacial score (nSPS) is 15.0. The van der Waals surface area contributed by atoms with E-state index in [0.717, 1.165) is 38.2 Å². The molecule has 1 aromatic heterocycles. The molecule has 1 fully saturated rings. The number of benzene rings is 1. The van der Waals surface area contributed by atoms with Crippen molar-refractivity contribution in [3.05, 3.63) is 42.4 Å². The second-order valence-electron chi connectivity index (χ2n) is 7.03. The van der Waals surface area contributed by atoms with Gasteiger partial charge < -0.3 is 24.5 Å². The van der Waals surface area contributed by atoms with Gasteiger partial charge in [0.1, 0.15) is 5.76 Å². The summed E-state index contributed by atoms with van der Waals surface area (Å²) in [6.07, 6.45) is 3.63. The fourth-order valence-corrected chi connectivity index (χ4v) is 3.39. The van der Waals surface area contributed by atoms with E-state index in [4.69, 9.17) is 13.9 Å². The number of ether oxygens (including phenoxy) is 2. The van der Waals surface area contributed by atoms with E-state index in [0.29, 0.717) is 29.6 Å². The van der Waals surface area contributed by atoms with Crippen LogP contribution in [0.25, 0.3) is 0 Å². The molecule has 0 saturated carbocycles. The fraction of sp³-hybridized carbons (Fsp3) is 0.429. The van der Waals surface area contributed by atoms with Crippen molar-refractivity contribution in [2.45, 2.75) is 19.4 Å². The zero-order valence-corrected chi connectivity index (χ0v) is 16.8. The van der Waals surface area contributed by atoms with Crippen molar-refractivity contribution in [1.82, 2.24) is 10.2 Å². The fourth-order valence-electron chi connectivity index (χ4n) is 3.39. The van der Waals surface area contributed by atoms with Crippen LogP contribution in [-0.4, -0.2) is 50.6 Å². The molecular weight excluding hydrogens is 374 g/mol. The van der Waals surface area contributed by atoms with Gasteiger partial charge in [0.15, 0.2) is 11.5 Å². The predicted octanol–water partition coefficient (Wildman–Crippen LogP) is 2.26. The molecule has 0 aliphatic carbocycles. The number of hydrogen-bond acceptors (Lipinski definition) is 6. The van der Waals surface area contributed by atoms with E-state index >= 15 is 0 Å². The van der Waals surface area contributed by atoms with E-state index in [9.17, 15) is 9.59 Å². The summed E-state index contributed by atoms with van der Waals surface area (Å²) in [5, 5.41) is 5.32. The molecule has 2 amide bonds. The van der Waals surface area contributed by atoms with Gasteiger partial charge in [0.25, 0.3) is 0 Å². The maximum atomic E-state index is 12.2. The summed E-state index contributed by atoms with van der Waals surface area (Å²) >= 11 is 0. The Morgan fingerprint density at radius 1 is 1.10 bits per heavy atom. The molecule has 1 aromatic carbocycles. The lowest BCUT2D eigenvalue weighted by atomic mass is 9.96. The van der Waals surface area contributed by atoms with Gasteiger partial charge in [-0.05, 0) is 56.1 Å². The second kappa shape index (κ2) is 9.97. The molecule has 2 N–H and O–H groups in total. The minimum atomic E-state index is -0.701. The number of anilines is 1. The summed E-state index contributed by atoms with van der Waals surface area (Å²) in [5.41, 5.74) is 0.467. The van der Waals surface area contributed by atoms with Gasteiger partial charge in [0, 0.05) is 18.3 Å². The van der Waals surface area contributed by atoms with Gasteiger partial charge in [0.2, 0.25) is 0 Å². The number of likely N-dealkylation sites (tertiary alicyclic amines) is 1. The molecule has 1 aliphatic heterocycles. The Hall–Kier alpha value is -3.00. The molecule has 0 radical (unpaired) electrons. The van der Waals surface area contributed by atoms with Crippen LogP contribution in [0.2, 0.25) is 0 Å². The van der Waals surface area contributed by atoms with E-state index in [1.165, 1.54) is 14.2 Å². The number of rotatable bonds is 7. The van der Waals surface area contributed by atoms with E-state index < -0.39 is 11.8 Å². The Morgan fingerprint density at radius 3 is 2.52 bits per heavy atom. The molecule has 156 valence electrons. The van der Waals surface area contributed by atoms with Gasteiger partial charge in [-0.3, -0.25) is 14.5 Å². The van der Waals surface area contributed by atoms with Crippen LogP contribution in [0.4, 0.5) is 5.69 Å². The Bertz CT molecular complexity index is 814. The van der Waals surface area contributed by atoms with E-state index in [-0.39, 0.29) is 0 Å². The monoisotopic (exact) mass is 401 g/mol. The molecule has 8 heteroatoms. The van der Waals surface area contributed by atoms with Crippen molar-refractivity contribution in [3.63, 3.8) is 0 Å². The third kappa shape index (κ3) is 5.74. The number of carbonyl (C=O) groups is 2. The van der Waals surface area contributed by atoms with Crippen LogP contribution in [0.5, 0.6) is 11.5 Å². The van der Waals surface area contributed by atoms with Crippen LogP contribution >= 0.6 is 0 Å². The molecule has 29 heavy (non-hydrogen) atoms. The van der Waals surface area contributed by atoms with Crippen LogP contribution < -0.4 is 20.1 Å². The van der Waals surface area contributed by atoms with Gasteiger partial charge in [0.05, 0.1) is 27.0 Å². The first kappa shape index (κ1) is 20.7. The van der Waals surface area contributed by atoms with Gasteiger partial charge in [-0.2, -0.15) is 0 Å². The molecule has 2 aromatic rings. The third-order valence-electron chi connectivity index (χ3n) is 5.07. The van der Waals surface area contributed by atoms with E-state index in [1.54, 1.807) is 24.5 Å². The quantitative estimate of drug-likeness (QED) is 0.692. The Balaban J connectivity index is 1.41. The highest BCUT2D eigenvalue weighted by atomic mass is 16.5. The highest BCUT2D eigenvalue weighted by Gasteiger charge is 2.22. The van der Waals surface area contributed by atoms with Crippen molar-refractivity contribution < 1.29 is 23.5 Å². The van der Waals surface area contributed by atoms with Crippen molar-refractivity contribution >= 4 is 17.5 Å². The number of hydrogen-bond donors (Lipinski definition) is 2. The first-order chi connectivity index (χ1) is 14.1. The molecule has 0 bridgehead atoms. The summed E-state index contributed by atoms with van der Waals surface area (Å²) in [7, 11) is 3.04. The van der Waals surface area contributed by atoms with Crippen molar-refractivity contribution in [2.24, 2.45) is 5.92 Å². The summed E-state index contributed by atoms with van der Waals surface area (Å²) in [6, 6.07) is 8.80. The topological polar surface area (TPSA) is 93.0 Å². The highest BCUT2D eigenvalue weighted by Crippen LogP contribution is 2.29. The summed E-state index contributed by atoms with van der Waals surface area (Å²) < 4.78 is 15.7.